The molecule has 0 aromatic heterocycles. The zero-order chi connectivity index (χ0) is 20.9. The van der Waals surface area contributed by atoms with E-state index in [1.807, 2.05) is 42.5 Å². The lowest BCUT2D eigenvalue weighted by molar-refractivity contribution is -0.123. The number of nitrogens with zero attached hydrogens (tertiary/aromatic N) is 1. The highest BCUT2D eigenvalue weighted by molar-refractivity contribution is 7.89. The highest BCUT2D eigenvalue weighted by atomic mass is 35.5. The first kappa shape index (κ1) is 21.5. The standard InChI is InChI=1S/C20H24ClN3O4S/c21-12-19(25)22-13-18(17-8-7-15-5-1-2-6-16(15)11-17)23-20(26)14-24-9-3-4-10-29(24,27)28/h1-2,5-8,11,18H,3-4,9-10,12-14H2,(H,22,25)(H,23,26). The monoisotopic (exact) mass is 437 g/mol. The molecule has 2 aromatic carbocycles. The number of amides is 2. The van der Waals surface area contributed by atoms with Crippen LogP contribution >= 0.6 is 11.6 Å². The third kappa shape index (κ3) is 5.68. The fourth-order valence-electron chi connectivity index (χ4n) is 3.36. The van der Waals surface area contributed by atoms with Crippen LogP contribution < -0.4 is 10.6 Å². The molecular formula is C20H24ClN3O4S. The summed E-state index contributed by atoms with van der Waals surface area (Å²) < 4.78 is 25.5. The number of halogens is 1. The number of benzene rings is 2. The average Bonchev–Trinajstić information content (AvgIpc) is 2.72. The van der Waals surface area contributed by atoms with Crippen molar-refractivity contribution in [2.24, 2.45) is 0 Å². The van der Waals surface area contributed by atoms with Gasteiger partial charge in [0.05, 0.1) is 18.3 Å². The third-order valence-corrected chi connectivity index (χ3v) is 7.05. The number of alkyl halides is 1. The number of carbonyl (C=O) groups is 2. The Morgan fingerprint density at radius 2 is 1.83 bits per heavy atom. The molecule has 0 spiro atoms. The molecule has 1 atom stereocenters. The number of sulfonamides is 1. The molecule has 9 heteroatoms. The average molecular weight is 438 g/mol. The van der Waals surface area contributed by atoms with Gasteiger partial charge in [0.2, 0.25) is 21.8 Å². The van der Waals surface area contributed by atoms with Crippen LogP contribution in [0.1, 0.15) is 24.4 Å². The molecule has 1 heterocycles. The second kappa shape index (κ2) is 9.56. The largest absolute Gasteiger partial charge is 0.353 e. The molecule has 1 unspecified atom stereocenters. The van der Waals surface area contributed by atoms with Gasteiger partial charge in [-0.15, -0.1) is 11.6 Å². The highest BCUT2D eigenvalue weighted by Gasteiger charge is 2.28. The van der Waals surface area contributed by atoms with Gasteiger partial charge in [0.25, 0.3) is 0 Å². The lowest BCUT2D eigenvalue weighted by atomic mass is 10.0. The Bertz CT molecular complexity index is 996. The Labute approximate surface area is 175 Å². The van der Waals surface area contributed by atoms with E-state index < -0.39 is 22.0 Å². The van der Waals surface area contributed by atoms with Crippen molar-refractivity contribution < 1.29 is 18.0 Å². The van der Waals surface area contributed by atoms with Crippen LogP contribution in [0.2, 0.25) is 0 Å². The summed E-state index contributed by atoms with van der Waals surface area (Å²) in [4.78, 5) is 24.2. The van der Waals surface area contributed by atoms with Crippen LogP contribution in [0.15, 0.2) is 42.5 Å². The number of rotatable bonds is 7. The first-order valence-electron chi connectivity index (χ1n) is 9.47. The van der Waals surface area contributed by atoms with Crippen molar-refractivity contribution in [3.63, 3.8) is 0 Å². The first-order chi connectivity index (χ1) is 13.9. The third-order valence-electron chi connectivity index (χ3n) is 4.91. The van der Waals surface area contributed by atoms with Crippen molar-refractivity contribution in [1.29, 1.82) is 0 Å². The van der Waals surface area contributed by atoms with Crippen LogP contribution in [0, 0.1) is 0 Å². The lowest BCUT2D eigenvalue weighted by Crippen LogP contribution is -2.46. The number of hydrogen-bond donors (Lipinski definition) is 2. The van der Waals surface area contributed by atoms with E-state index in [0.717, 1.165) is 22.8 Å². The summed E-state index contributed by atoms with van der Waals surface area (Å²) >= 11 is 5.55. The fraction of sp³-hybridized carbons (Fsp3) is 0.400. The molecule has 1 aliphatic heterocycles. The predicted octanol–water partition coefficient (Wildman–Crippen LogP) is 1.78. The normalized spacial score (nSPS) is 17.6. The van der Waals surface area contributed by atoms with Crippen LogP contribution in [-0.2, 0) is 19.6 Å². The number of fused-ring (bicyclic) bond motifs is 1. The molecule has 0 aliphatic carbocycles. The van der Waals surface area contributed by atoms with E-state index in [-0.39, 0.29) is 30.6 Å². The summed E-state index contributed by atoms with van der Waals surface area (Å²) in [6.07, 6.45) is 1.36. The highest BCUT2D eigenvalue weighted by Crippen LogP contribution is 2.21. The molecular weight excluding hydrogens is 414 g/mol. The van der Waals surface area contributed by atoms with Crippen molar-refractivity contribution >= 4 is 44.2 Å². The summed E-state index contributed by atoms with van der Waals surface area (Å²) in [6, 6.07) is 13.1. The molecule has 7 nitrogen and oxygen atoms in total. The number of carbonyl (C=O) groups excluding carboxylic acids is 2. The van der Waals surface area contributed by atoms with Crippen molar-refractivity contribution in [2.45, 2.75) is 18.9 Å². The summed E-state index contributed by atoms with van der Waals surface area (Å²) in [7, 11) is -3.39. The molecule has 1 saturated heterocycles. The fourth-order valence-corrected chi connectivity index (χ4v) is 5.00. The SMILES string of the molecule is O=C(CCl)NCC(NC(=O)CN1CCCCS1(=O)=O)c1ccc2ccccc2c1. The van der Waals surface area contributed by atoms with Gasteiger partial charge < -0.3 is 10.6 Å². The van der Waals surface area contributed by atoms with E-state index in [4.69, 9.17) is 11.6 Å². The minimum atomic E-state index is -3.39. The van der Waals surface area contributed by atoms with Gasteiger partial charge in [0, 0.05) is 13.1 Å². The van der Waals surface area contributed by atoms with Gasteiger partial charge in [-0.25, -0.2) is 8.42 Å². The number of nitrogens with one attached hydrogen (secondary N) is 2. The Morgan fingerprint density at radius 3 is 2.55 bits per heavy atom. The summed E-state index contributed by atoms with van der Waals surface area (Å²) in [5, 5.41) is 7.61. The van der Waals surface area contributed by atoms with Crippen LogP contribution in [0.3, 0.4) is 0 Å². The maximum Gasteiger partial charge on any atom is 0.235 e. The lowest BCUT2D eigenvalue weighted by Gasteiger charge is -2.27. The molecule has 156 valence electrons. The van der Waals surface area contributed by atoms with Gasteiger partial charge in [-0.1, -0.05) is 36.4 Å². The van der Waals surface area contributed by atoms with Gasteiger partial charge >= 0.3 is 0 Å². The minimum Gasteiger partial charge on any atom is -0.353 e. The molecule has 0 radical (unpaired) electrons. The van der Waals surface area contributed by atoms with Crippen molar-refractivity contribution in [2.75, 3.05) is 31.3 Å². The minimum absolute atomic E-state index is 0.0696. The van der Waals surface area contributed by atoms with Crippen molar-refractivity contribution in [3.8, 4) is 0 Å². The van der Waals surface area contributed by atoms with Crippen LogP contribution in [-0.4, -0.2) is 55.8 Å². The van der Waals surface area contributed by atoms with E-state index >= 15 is 0 Å². The Kier molecular flexibility index (Phi) is 7.10. The second-order valence-corrected chi connectivity index (χ2v) is 9.38. The van der Waals surface area contributed by atoms with Gasteiger partial charge in [0.15, 0.2) is 0 Å². The van der Waals surface area contributed by atoms with E-state index in [9.17, 15) is 18.0 Å². The zero-order valence-electron chi connectivity index (χ0n) is 15.9. The van der Waals surface area contributed by atoms with E-state index in [1.54, 1.807) is 0 Å². The molecule has 0 saturated carbocycles. The second-order valence-electron chi connectivity index (χ2n) is 7.02. The zero-order valence-corrected chi connectivity index (χ0v) is 17.5. The molecule has 1 fully saturated rings. The maximum absolute atomic E-state index is 12.6. The molecule has 3 rings (SSSR count). The van der Waals surface area contributed by atoms with Gasteiger partial charge in [-0.3, -0.25) is 9.59 Å². The topological polar surface area (TPSA) is 95.6 Å². The first-order valence-corrected chi connectivity index (χ1v) is 11.6. The van der Waals surface area contributed by atoms with E-state index in [0.29, 0.717) is 13.0 Å². The molecule has 2 aromatic rings. The van der Waals surface area contributed by atoms with Gasteiger partial charge in [-0.05, 0) is 35.2 Å². The predicted molar refractivity (Wildman–Crippen MR) is 113 cm³/mol. The molecule has 2 amide bonds. The Hall–Kier alpha value is -2.16. The van der Waals surface area contributed by atoms with Crippen LogP contribution in [0.4, 0.5) is 0 Å². The molecule has 29 heavy (non-hydrogen) atoms. The Balaban J connectivity index is 1.77. The van der Waals surface area contributed by atoms with Crippen LogP contribution in [0.25, 0.3) is 10.8 Å². The van der Waals surface area contributed by atoms with Crippen molar-refractivity contribution in [3.05, 3.63) is 48.0 Å². The Morgan fingerprint density at radius 1 is 1.07 bits per heavy atom. The summed E-state index contributed by atoms with van der Waals surface area (Å²) in [5.74, 6) is -0.857. The van der Waals surface area contributed by atoms with Crippen molar-refractivity contribution in [1.82, 2.24) is 14.9 Å². The quantitative estimate of drug-likeness (QED) is 0.645. The molecule has 2 N–H and O–H groups in total. The smallest absolute Gasteiger partial charge is 0.235 e. The van der Waals surface area contributed by atoms with E-state index in [2.05, 4.69) is 10.6 Å². The maximum atomic E-state index is 12.6. The van der Waals surface area contributed by atoms with Crippen LogP contribution in [0.5, 0.6) is 0 Å². The van der Waals surface area contributed by atoms with E-state index in [1.165, 1.54) is 4.31 Å². The van der Waals surface area contributed by atoms with Gasteiger partial charge in [0.1, 0.15) is 5.88 Å². The molecule has 0 bridgehead atoms. The summed E-state index contributed by atoms with van der Waals surface area (Å²) in [5.41, 5.74) is 0.813. The van der Waals surface area contributed by atoms with Gasteiger partial charge in [-0.2, -0.15) is 4.31 Å². The number of hydrogen-bond acceptors (Lipinski definition) is 4. The molecule has 1 aliphatic rings. The summed E-state index contributed by atoms with van der Waals surface area (Å²) in [6.45, 7) is 0.275.